The highest BCUT2D eigenvalue weighted by Crippen LogP contribution is 2.43. The number of para-hydroxylation sites is 2. The van der Waals surface area contributed by atoms with E-state index in [1.54, 1.807) is 23.1 Å². The minimum atomic E-state index is -1.46. The van der Waals surface area contributed by atoms with Gasteiger partial charge in [0.25, 0.3) is 5.91 Å². The normalized spacial score (nSPS) is 17.2. The van der Waals surface area contributed by atoms with Gasteiger partial charge >= 0.3 is 0 Å². The molecule has 0 bridgehead atoms. The van der Waals surface area contributed by atoms with Gasteiger partial charge in [-0.2, -0.15) is 0 Å². The molecule has 0 aromatic heterocycles. The molecule has 1 aliphatic rings. The minimum absolute atomic E-state index is 0.206. The third-order valence-electron chi connectivity index (χ3n) is 5.32. The van der Waals surface area contributed by atoms with Crippen molar-refractivity contribution in [2.45, 2.75) is 25.4 Å². The summed E-state index contributed by atoms with van der Waals surface area (Å²) in [5.74, 6) is -1.06. The van der Waals surface area contributed by atoms with E-state index in [0.717, 1.165) is 5.56 Å². The molecule has 6 heteroatoms. The van der Waals surface area contributed by atoms with Gasteiger partial charge in [0.2, 0.25) is 11.8 Å². The second-order valence-corrected chi connectivity index (χ2v) is 7.57. The van der Waals surface area contributed by atoms with Gasteiger partial charge in [-0.05, 0) is 23.8 Å². The second kappa shape index (κ2) is 8.44. The first-order valence-electron chi connectivity index (χ1n) is 10.1. The number of carbonyl (C=O) groups excluding carboxylic acids is 3. The summed E-state index contributed by atoms with van der Waals surface area (Å²) in [6.07, 6.45) is -0.206. The molecule has 0 spiro atoms. The maximum absolute atomic E-state index is 13.7. The molecular weight excluding hydrogens is 390 g/mol. The summed E-state index contributed by atoms with van der Waals surface area (Å²) < 4.78 is 0. The van der Waals surface area contributed by atoms with Crippen LogP contribution in [0.5, 0.6) is 0 Å². The predicted octanol–water partition coefficient (Wildman–Crippen LogP) is 3.59. The van der Waals surface area contributed by atoms with Gasteiger partial charge in [-0.3, -0.25) is 14.4 Å². The van der Waals surface area contributed by atoms with Crippen LogP contribution < -0.4 is 15.5 Å². The zero-order chi connectivity index (χ0) is 21.8. The SMILES string of the molecule is CC(=O)N[C@@]1(CC(=O)Nc2ccccc2)C(=O)N(Cc2ccccc2)c2ccccc21. The number of benzene rings is 3. The highest BCUT2D eigenvalue weighted by molar-refractivity contribution is 6.12. The van der Waals surface area contributed by atoms with Gasteiger partial charge in [0.1, 0.15) is 0 Å². The van der Waals surface area contributed by atoms with E-state index in [4.69, 9.17) is 0 Å². The minimum Gasteiger partial charge on any atom is -0.338 e. The van der Waals surface area contributed by atoms with Gasteiger partial charge in [0, 0.05) is 18.2 Å². The van der Waals surface area contributed by atoms with Crippen molar-refractivity contribution in [1.82, 2.24) is 5.32 Å². The molecule has 0 saturated carbocycles. The van der Waals surface area contributed by atoms with Crippen LogP contribution in [0.25, 0.3) is 0 Å². The van der Waals surface area contributed by atoms with Crippen molar-refractivity contribution < 1.29 is 14.4 Å². The maximum atomic E-state index is 13.7. The van der Waals surface area contributed by atoms with E-state index in [-0.39, 0.29) is 24.1 Å². The lowest BCUT2D eigenvalue weighted by molar-refractivity contribution is -0.133. The molecule has 4 rings (SSSR count). The largest absolute Gasteiger partial charge is 0.338 e. The number of rotatable bonds is 6. The quantitative estimate of drug-likeness (QED) is 0.648. The number of fused-ring (bicyclic) bond motifs is 1. The summed E-state index contributed by atoms with van der Waals surface area (Å²) in [7, 11) is 0. The van der Waals surface area contributed by atoms with E-state index >= 15 is 0 Å². The Hall–Kier alpha value is -3.93. The zero-order valence-electron chi connectivity index (χ0n) is 17.2. The van der Waals surface area contributed by atoms with Gasteiger partial charge < -0.3 is 15.5 Å². The Bertz CT molecular complexity index is 1120. The molecule has 156 valence electrons. The molecule has 1 aliphatic heterocycles. The van der Waals surface area contributed by atoms with E-state index in [0.29, 0.717) is 23.5 Å². The molecule has 3 aromatic rings. The average Bonchev–Trinajstić information content (AvgIpc) is 2.97. The Morgan fingerprint density at radius 1 is 0.871 bits per heavy atom. The summed E-state index contributed by atoms with van der Waals surface area (Å²) in [6.45, 7) is 1.70. The topological polar surface area (TPSA) is 78.5 Å². The first-order valence-corrected chi connectivity index (χ1v) is 10.1. The number of hydrogen-bond donors (Lipinski definition) is 2. The molecule has 2 N–H and O–H groups in total. The Morgan fingerprint density at radius 2 is 1.48 bits per heavy atom. The van der Waals surface area contributed by atoms with Crippen LogP contribution in [0.4, 0.5) is 11.4 Å². The van der Waals surface area contributed by atoms with E-state index < -0.39 is 5.54 Å². The smallest absolute Gasteiger partial charge is 0.258 e. The maximum Gasteiger partial charge on any atom is 0.258 e. The Balaban J connectivity index is 1.71. The first-order chi connectivity index (χ1) is 15.0. The summed E-state index contributed by atoms with van der Waals surface area (Å²) in [5.41, 5.74) is 1.44. The number of nitrogens with one attached hydrogen (secondary N) is 2. The molecule has 0 aliphatic carbocycles. The zero-order valence-corrected chi connectivity index (χ0v) is 17.2. The fourth-order valence-electron chi connectivity index (χ4n) is 4.05. The summed E-state index contributed by atoms with van der Waals surface area (Å²) in [6, 6.07) is 25.9. The van der Waals surface area contributed by atoms with Crippen molar-refractivity contribution in [1.29, 1.82) is 0 Å². The molecule has 31 heavy (non-hydrogen) atoms. The van der Waals surface area contributed by atoms with E-state index in [2.05, 4.69) is 10.6 Å². The third-order valence-corrected chi connectivity index (χ3v) is 5.32. The fraction of sp³-hybridized carbons (Fsp3) is 0.160. The third kappa shape index (κ3) is 4.05. The fourth-order valence-corrected chi connectivity index (χ4v) is 4.05. The van der Waals surface area contributed by atoms with Crippen molar-refractivity contribution in [3.05, 3.63) is 96.1 Å². The lowest BCUT2D eigenvalue weighted by atomic mass is 9.87. The lowest BCUT2D eigenvalue weighted by Crippen LogP contribution is -2.54. The van der Waals surface area contributed by atoms with Gasteiger partial charge in [-0.25, -0.2) is 0 Å². The van der Waals surface area contributed by atoms with E-state index in [1.807, 2.05) is 66.7 Å². The Kier molecular flexibility index (Phi) is 5.54. The molecule has 0 radical (unpaired) electrons. The second-order valence-electron chi connectivity index (χ2n) is 7.57. The number of hydrogen-bond acceptors (Lipinski definition) is 3. The Labute approximate surface area is 180 Å². The lowest BCUT2D eigenvalue weighted by Gasteiger charge is -2.29. The molecule has 3 aromatic carbocycles. The van der Waals surface area contributed by atoms with Crippen LogP contribution in [-0.2, 0) is 26.5 Å². The highest BCUT2D eigenvalue weighted by Gasteiger charge is 2.52. The summed E-state index contributed by atoms with van der Waals surface area (Å²) in [4.78, 5) is 40.5. The van der Waals surface area contributed by atoms with Crippen molar-refractivity contribution in [3.63, 3.8) is 0 Å². The summed E-state index contributed by atoms with van der Waals surface area (Å²) in [5, 5.41) is 5.62. The van der Waals surface area contributed by atoms with Gasteiger partial charge in [-0.15, -0.1) is 0 Å². The number of carbonyl (C=O) groups is 3. The molecule has 0 fully saturated rings. The molecule has 1 heterocycles. The van der Waals surface area contributed by atoms with Crippen LogP contribution in [-0.4, -0.2) is 17.7 Å². The van der Waals surface area contributed by atoms with Crippen LogP contribution in [0.2, 0.25) is 0 Å². The van der Waals surface area contributed by atoms with Crippen LogP contribution in [0.15, 0.2) is 84.9 Å². The predicted molar refractivity (Wildman–Crippen MR) is 119 cm³/mol. The Morgan fingerprint density at radius 3 is 2.16 bits per heavy atom. The number of nitrogens with zero attached hydrogens (tertiary/aromatic N) is 1. The average molecular weight is 413 g/mol. The van der Waals surface area contributed by atoms with Crippen LogP contribution in [0.3, 0.4) is 0 Å². The molecular formula is C25H23N3O3. The van der Waals surface area contributed by atoms with Crippen molar-refractivity contribution in [2.75, 3.05) is 10.2 Å². The van der Waals surface area contributed by atoms with Crippen LogP contribution in [0.1, 0.15) is 24.5 Å². The molecule has 1 atom stereocenters. The molecule has 0 unspecified atom stereocenters. The van der Waals surface area contributed by atoms with Gasteiger partial charge in [0.05, 0.1) is 18.7 Å². The van der Waals surface area contributed by atoms with Crippen LogP contribution in [0, 0.1) is 0 Å². The first kappa shape index (κ1) is 20.3. The monoisotopic (exact) mass is 413 g/mol. The van der Waals surface area contributed by atoms with Crippen molar-refractivity contribution >= 4 is 29.1 Å². The molecule has 0 saturated heterocycles. The van der Waals surface area contributed by atoms with E-state index in [1.165, 1.54) is 6.92 Å². The number of amides is 3. The standard InChI is InChI=1S/C25H23N3O3/c1-18(29)27-25(16-23(30)26-20-12-6-3-7-13-20)21-14-8-9-15-22(21)28(24(25)31)17-19-10-4-2-5-11-19/h2-15H,16-17H2,1H3,(H,26,30)(H,27,29)/t25-/m1/s1. The van der Waals surface area contributed by atoms with Gasteiger partial charge in [-0.1, -0.05) is 66.7 Å². The van der Waals surface area contributed by atoms with Crippen LogP contribution >= 0.6 is 0 Å². The molecule has 3 amide bonds. The summed E-state index contributed by atoms with van der Waals surface area (Å²) >= 11 is 0. The van der Waals surface area contributed by atoms with Crippen molar-refractivity contribution in [2.24, 2.45) is 0 Å². The van der Waals surface area contributed by atoms with Gasteiger partial charge in [0.15, 0.2) is 5.54 Å². The highest BCUT2D eigenvalue weighted by atomic mass is 16.2. The van der Waals surface area contributed by atoms with E-state index in [9.17, 15) is 14.4 Å². The number of anilines is 2. The molecule has 6 nitrogen and oxygen atoms in total. The van der Waals surface area contributed by atoms with Crippen molar-refractivity contribution in [3.8, 4) is 0 Å².